The standard InChI is InChI=1S/C4H10O2S4/c5-1-3-7-9-10-8-4-2-6/h5-6H,1-4H2. The molecule has 62 valence electrons. The monoisotopic (exact) mass is 218 g/mol. The third kappa shape index (κ3) is 9.32. The molecule has 0 heterocycles. The highest BCUT2D eigenvalue weighted by molar-refractivity contribution is 9.26. The number of hydrogen-bond donors (Lipinski definition) is 2. The Bertz CT molecular complexity index is 55.2. The lowest BCUT2D eigenvalue weighted by molar-refractivity contribution is 0.322. The van der Waals surface area contributed by atoms with Crippen molar-refractivity contribution in [3.63, 3.8) is 0 Å². The van der Waals surface area contributed by atoms with E-state index in [1.54, 1.807) is 41.2 Å². The van der Waals surface area contributed by atoms with Crippen LogP contribution in [-0.4, -0.2) is 34.9 Å². The second-order valence-electron chi connectivity index (χ2n) is 1.23. The summed E-state index contributed by atoms with van der Waals surface area (Å²) < 4.78 is 0. The molecule has 0 radical (unpaired) electrons. The molecule has 6 heteroatoms. The predicted octanol–water partition coefficient (Wildman–Crippen LogP) is 1.65. The lowest BCUT2D eigenvalue weighted by atomic mass is 10.9. The fraction of sp³-hybridized carbons (Fsp3) is 1.00. The molecule has 2 nitrogen and oxygen atoms in total. The third-order valence-electron chi connectivity index (χ3n) is 0.473. The molecule has 0 spiro atoms. The minimum Gasteiger partial charge on any atom is -0.395 e. The van der Waals surface area contributed by atoms with E-state index in [-0.39, 0.29) is 13.2 Å². The second kappa shape index (κ2) is 10.3. The molecule has 0 saturated heterocycles. The van der Waals surface area contributed by atoms with E-state index < -0.39 is 0 Å². The van der Waals surface area contributed by atoms with Crippen LogP contribution in [0.25, 0.3) is 0 Å². The van der Waals surface area contributed by atoms with Gasteiger partial charge in [-0.25, -0.2) is 0 Å². The van der Waals surface area contributed by atoms with Crippen molar-refractivity contribution in [2.75, 3.05) is 24.7 Å². The van der Waals surface area contributed by atoms with E-state index in [0.29, 0.717) is 0 Å². The van der Waals surface area contributed by atoms with Crippen molar-refractivity contribution < 1.29 is 10.2 Å². The molecular formula is C4H10O2S4. The Morgan fingerprint density at radius 3 is 1.50 bits per heavy atom. The van der Waals surface area contributed by atoms with Crippen molar-refractivity contribution in [1.82, 2.24) is 0 Å². The van der Waals surface area contributed by atoms with Gasteiger partial charge < -0.3 is 10.2 Å². The van der Waals surface area contributed by atoms with Gasteiger partial charge in [-0.15, -0.1) is 0 Å². The lowest BCUT2D eigenvalue weighted by Crippen LogP contribution is -1.81. The van der Waals surface area contributed by atoms with Gasteiger partial charge in [0.15, 0.2) is 0 Å². The molecule has 0 saturated carbocycles. The topological polar surface area (TPSA) is 40.5 Å². The molecule has 0 rings (SSSR count). The minimum absolute atomic E-state index is 0.239. The fourth-order valence-corrected chi connectivity index (χ4v) is 5.69. The predicted molar refractivity (Wildman–Crippen MR) is 54.3 cm³/mol. The van der Waals surface area contributed by atoms with Gasteiger partial charge in [0.05, 0.1) is 13.2 Å². The maximum absolute atomic E-state index is 8.38. The normalized spacial score (nSPS) is 10.2. The molecule has 0 aliphatic carbocycles. The highest BCUT2D eigenvalue weighted by Crippen LogP contribution is 2.42. The molecule has 0 aromatic heterocycles. The zero-order valence-corrected chi connectivity index (χ0v) is 8.62. The molecular weight excluding hydrogens is 208 g/mol. The van der Waals surface area contributed by atoms with E-state index in [1.807, 2.05) is 0 Å². The van der Waals surface area contributed by atoms with Gasteiger partial charge in [0.1, 0.15) is 0 Å². The smallest absolute Gasteiger partial charge is 0.0530 e. The Kier molecular flexibility index (Phi) is 11.7. The molecule has 2 N–H and O–H groups in total. The molecule has 0 unspecified atom stereocenters. The van der Waals surface area contributed by atoms with Crippen LogP contribution in [-0.2, 0) is 0 Å². The van der Waals surface area contributed by atoms with Crippen LogP contribution in [0.4, 0.5) is 0 Å². The molecule has 0 aromatic carbocycles. The molecule has 0 aliphatic rings. The largest absolute Gasteiger partial charge is 0.395 e. The first-order valence-corrected chi connectivity index (χ1v) is 7.86. The highest BCUT2D eigenvalue weighted by atomic mass is 33.7. The average molecular weight is 218 g/mol. The van der Waals surface area contributed by atoms with Crippen molar-refractivity contribution in [3.8, 4) is 0 Å². The van der Waals surface area contributed by atoms with Crippen LogP contribution < -0.4 is 0 Å². The first-order chi connectivity index (χ1) is 4.91. The van der Waals surface area contributed by atoms with Crippen molar-refractivity contribution in [2.24, 2.45) is 0 Å². The summed E-state index contributed by atoms with van der Waals surface area (Å²) in [6.07, 6.45) is 0. The molecule has 0 amide bonds. The maximum Gasteiger partial charge on any atom is 0.0530 e. The number of aliphatic hydroxyl groups is 2. The zero-order valence-electron chi connectivity index (χ0n) is 5.36. The van der Waals surface area contributed by atoms with Crippen molar-refractivity contribution in [1.29, 1.82) is 0 Å². The summed E-state index contributed by atoms with van der Waals surface area (Å²) in [4.78, 5) is 0. The Hall–Kier alpha value is 1.32. The van der Waals surface area contributed by atoms with Gasteiger partial charge in [-0.05, 0) is 19.7 Å². The van der Waals surface area contributed by atoms with E-state index >= 15 is 0 Å². The summed E-state index contributed by atoms with van der Waals surface area (Å²) in [6, 6.07) is 0. The van der Waals surface area contributed by atoms with Gasteiger partial charge in [0, 0.05) is 11.5 Å². The van der Waals surface area contributed by atoms with Crippen LogP contribution in [0.2, 0.25) is 0 Å². The van der Waals surface area contributed by atoms with Gasteiger partial charge in [-0.2, -0.15) is 0 Å². The van der Waals surface area contributed by atoms with Crippen LogP contribution >= 0.6 is 41.2 Å². The molecule has 0 bridgehead atoms. The fourth-order valence-electron chi connectivity index (χ4n) is 0.182. The van der Waals surface area contributed by atoms with E-state index in [4.69, 9.17) is 10.2 Å². The zero-order chi connectivity index (χ0) is 7.66. The van der Waals surface area contributed by atoms with E-state index in [1.165, 1.54) is 0 Å². The number of aliphatic hydroxyl groups excluding tert-OH is 2. The summed E-state index contributed by atoms with van der Waals surface area (Å²) in [5, 5.41) is 16.8. The van der Waals surface area contributed by atoms with Gasteiger partial charge >= 0.3 is 0 Å². The van der Waals surface area contributed by atoms with Gasteiger partial charge in [0.25, 0.3) is 0 Å². The Morgan fingerprint density at radius 2 is 1.20 bits per heavy atom. The number of rotatable bonds is 7. The van der Waals surface area contributed by atoms with E-state index in [0.717, 1.165) is 11.5 Å². The average Bonchev–Trinajstić information content (AvgIpc) is 1.97. The minimum atomic E-state index is 0.239. The third-order valence-corrected chi connectivity index (χ3v) is 6.90. The Labute approximate surface area is 76.1 Å². The van der Waals surface area contributed by atoms with E-state index in [2.05, 4.69) is 0 Å². The quantitative estimate of drug-likeness (QED) is 0.500. The Balaban J connectivity index is 2.65. The van der Waals surface area contributed by atoms with Crippen molar-refractivity contribution >= 4 is 41.2 Å². The summed E-state index contributed by atoms with van der Waals surface area (Å²) in [6.45, 7) is 0.478. The second-order valence-corrected chi connectivity index (χ2v) is 7.47. The van der Waals surface area contributed by atoms with Gasteiger partial charge in [-0.1, -0.05) is 21.6 Å². The summed E-state index contributed by atoms with van der Waals surface area (Å²) in [5.41, 5.74) is 0. The van der Waals surface area contributed by atoms with Crippen molar-refractivity contribution in [2.45, 2.75) is 0 Å². The van der Waals surface area contributed by atoms with Crippen LogP contribution in [0.5, 0.6) is 0 Å². The molecule has 0 aliphatic heterocycles. The highest BCUT2D eigenvalue weighted by Gasteiger charge is 1.90. The van der Waals surface area contributed by atoms with Crippen LogP contribution in [0.1, 0.15) is 0 Å². The first kappa shape index (κ1) is 11.3. The Morgan fingerprint density at radius 1 is 0.800 bits per heavy atom. The van der Waals surface area contributed by atoms with Gasteiger partial charge in [0.2, 0.25) is 0 Å². The SMILES string of the molecule is OCCSSSSCCO. The lowest BCUT2D eigenvalue weighted by Gasteiger charge is -1.95. The van der Waals surface area contributed by atoms with Crippen LogP contribution in [0.15, 0.2) is 0 Å². The first-order valence-electron chi connectivity index (χ1n) is 2.71. The molecule has 0 fully saturated rings. The van der Waals surface area contributed by atoms with E-state index in [9.17, 15) is 0 Å². The van der Waals surface area contributed by atoms with Crippen LogP contribution in [0.3, 0.4) is 0 Å². The molecule has 0 atom stereocenters. The number of hydrogen-bond acceptors (Lipinski definition) is 6. The summed E-state index contributed by atoms with van der Waals surface area (Å²) >= 11 is 0. The summed E-state index contributed by atoms with van der Waals surface area (Å²) in [7, 11) is 6.55. The van der Waals surface area contributed by atoms with Crippen molar-refractivity contribution in [3.05, 3.63) is 0 Å². The molecule has 0 aromatic rings. The summed E-state index contributed by atoms with van der Waals surface area (Å²) in [5.74, 6) is 1.55. The molecule has 10 heavy (non-hydrogen) atoms. The maximum atomic E-state index is 8.38. The van der Waals surface area contributed by atoms with Gasteiger partial charge in [-0.3, -0.25) is 0 Å². The van der Waals surface area contributed by atoms with Crippen LogP contribution in [0, 0.1) is 0 Å².